The molecule has 4 nitrogen and oxygen atoms in total. The van der Waals surface area contributed by atoms with Crippen molar-refractivity contribution < 1.29 is 14.2 Å². The van der Waals surface area contributed by atoms with Gasteiger partial charge in [0.2, 0.25) is 0 Å². The summed E-state index contributed by atoms with van der Waals surface area (Å²) >= 11 is 5.86. The minimum Gasteiger partial charge on any atom is -0.497 e. The first kappa shape index (κ1) is 16.1. The third kappa shape index (κ3) is 2.51. The molecule has 0 saturated heterocycles. The summed E-state index contributed by atoms with van der Waals surface area (Å²) in [5.74, 6) is 0.315. The van der Waals surface area contributed by atoms with Gasteiger partial charge in [0.25, 0.3) is 0 Å². The van der Waals surface area contributed by atoms with Crippen LogP contribution >= 0.6 is 11.6 Å². The number of ether oxygens (including phenoxy) is 1. The molecule has 0 unspecified atom stereocenters. The van der Waals surface area contributed by atoms with Crippen molar-refractivity contribution in [1.29, 1.82) is 0 Å². The van der Waals surface area contributed by atoms with Crippen LogP contribution in [0.5, 0.6) is 5.75 Å². The Labute approximate surface area is 149 Å². The molecule has 1 aromatic heterocycles. The molecule has 1 aliphatic heterocycles. The molecule has 128 valence electrons. The van der Waals surface area contributed by atoms with Gasteiger partial charge in [-0.25, -0.2) is 9.37 Å². The van der Waals surface area contributed by atoms with Gasteiger partial charge in [0, 0.05) is 17.0 Å². The number of halogens is 2. The molecule has 2 heterocycles. The maximum Gasteiger partial charge on any atom is 0.133 e. The number of methoxy groups -OCH3 is 1. The van der Waals surface area contributed by atoms with E-state index in [0.29, 0.717) is 34.0 Å². The van der Waals surface area contributed by atoms with E-state index in [9.17, 15) is 9.50 Å². The van der Waals surface area contributed by atoms with E-state index in [1.54, 1.807) is 43.9 Å². The standard InChI is InChI=1S/C19H16ClFN2O2/c1-25-14-5-2-12(3-6-14)19(24)9-17(23-11-22-10-18(19)23)15-7-4-13(20)8-16(15)21/h2-8,10-11,17,24H,9H2,1H3/t17-,19+/m1/s1. The fourth-order valence-corrected chi connectivity index (χ4v) is 3.68. The molecule has 2 atom stereocenters. The van der Waals surface area contributed by atoms with Crippen molar-refractivity contribution in [3.8, 4) is 5.75 Å². The molecule has 0 aliphatic carbocycles. The highest BCUT2D eigenvalue weighted by molar-refractivity contribution is 6.30. The fourth-order valence-electron chi connectivity index (χ4n) is 3.52. The van der Waals surface area contributed by atoms with Gasteiger partial charge in [0.05, 0.1) is 31.4 Å². The van der Waals surface area contributed by atoms with Crippen LogP contribution < -0.4 is 4.74 Å². The Balaban J connectivity index is 1.79. The number of nitrogens with zero attached hydrogens (tertiary/aromatic N) is 2. The predicted octanol–water partition coefficient (Wildman–Crippen LogP) is 3.91. The number of rotatable bonds is 3. The lowest BCUT2D eigenvalue weighted by molar-refractivity contribution is 0.0792. The van der Waals surface area contributed by atoms with Crippen LogP contribution in [0.1, 0.15) is 29.3 Å². The van der Waals surface area contributed by atoms with Gasteiger partial charge < -0.3 is 14.4 Å². The first-order valence-electron chi connectivity index (χ1n) is 7.87. The topological polar surface area (TPSA) is 47.3 Å². The molecule has 1 aliphatic rings. The van der Waals surface area contributed by atoms with Gasteiger partial charge >= 0.3 is 0 Å². The Morgan fingerprint density at radius 2 is 2.04 bits per heavy atom. The Morgan fingerprint density at radius 3 is 2.72 bits per heavy atom. The molecule has 0 radical (unpaired) electrons. The molecule has 4 rings (SSSR count). The van der Waals surface area contributed by atoms with E-state index >= 15 is 0 Å². The number of fused-ring (bicyclic) bond motifs is 1. The van der Waals surface area contributed by atoms with E-state index in [-0.39, 0.29) is 6.04 Å². The highest BCUT2D eigenvalue weighted by atomic mass is 35.5. The van der Waals surface area contributed by atoms with E-state index in [2.05, 4.69) is 4.98 Å². The van der Waals surface area contributed by atoms with Crippen molar-refractivity contribution in [3.63, 3.8) is 0 Å². The van der Waals surface area contributed by atoms with Crippen LogP contribution in [-0.2, 0) is 5.60 Å². The van der Waals surface area contributed by atoms with E-state index in [4.69, 9.17) is 16.3 Å². The summed E-state index contributed by atoms with van der Waals surface area (Å²) in [4.78, 5) is 4.15. The lowest BCUT2D eigenvalue weighted by atomic mass is 9.86. The number of imidazole rings is 1. The summed E-state index contributed by atoms with van der Waals surface area (Å²) in [7, 11) is 1.59. The van der Waals surface area contributed by atoms with Gasteiger partial charge in [-0.1, -0.05) is 29.8 Å². The van der Waals surface area contributed by atoms with Crippen molar-refractivity contribution in [3.05, 3.63) is 82.6 Å². The number of benzene rings is 2. The van der Waals surface area contributed by atoms with Crippen molar-refractivity contribution in [2.45, 2.75) is 18.1 Å². The quantitative estimate of drug-likeness (QED) is 0.772. The van der Waals surface area contributed by atoms with Crippen molar-refractivity contribution in [2.75, 3.05) is 7.11 Å². The van der Waals surface area contributed by atoms with Crippen LogP contribution in [0.25, 0.3) is 0 Å². The van der Waals surface area contributed by atoms with Gasteiger partial charge in [-0.15, -0.1) is 0 Å². The van der Waals surface area contributed by atoms with Crippen LogP contribution in [0, 0.1) is 5.82 Å². The largest absolute Gasteiger partial charge is 0.497 e. The summed E-state index contributed by atoms with van der Waals surface area (Å²) in [6.07, 6.45) is 3.56. The van der Waals surface area contributed by atoms with Crippen LogP contribution in [0.2, 0.25) is 5.02 Å². The summed E-state index contributed by atoms with van der Waals surface area (Å²) in [5.41, 5.74) is 0.580. The maximum atomic E-state index is 14.4. The van der Waals surface area contributed by atoms with Crippen molar-refractivity contribution in [2.24, 2.45) is 0 Å². The van der Waals surface area contributed by atoms with Gasteiger partial charge in [-0.05, 0) is 29.8 Å². The second-order valence-electron chi connectivity index (χ2n) is 6.16. The zero-order chi connectivity index (χ0) is 17.6. The lowest BCUT2D eigenvalue weighted by Gasteiger charge is -2.23. The maximum absolute atomic E-state index is 14.4. The lowest BCUT2D eigenvalue weighted by Crippen LogP contribution is -2.24. The van der Waals surface area contributed by atoms with Crippen LogP contribution in [0.4, 0.5) is 4.39 Å². The first-order valence-corrected chi connectivity index (χ1v) is 8.25. The molecule has 1 N–H and O–H groups in total. The van der Waals surface area contributed by atoms with Crippen molar-refractivity contribution in [1.82, 2.24) is 9.55 Å². The number of aromatic nitrogens is 2. The van der Waals surface area contributed by atoms with Gasteiger partial charge in [0.1, 0.15) is 17.2 Å². The Morgan fingerprint density at radius 1 is 1.28 bits per heavy atom. The van der Waals surface area contributed by atoms with E-state index in [0.717, 1.165) is 0 Å². The highest BCUT2D eigenvalue weighted by Gasteiger charge is 2.45. The number of hydrogen-bond donors (Lipinski definition) is 1. The Bertz CT molecular complexity index is 925. The molecule has 0 fully saturated rings. The minimum atomic E-state index is -1.25. The fraction of sp³-hybridized carbons (Fsp3) is 0.211. The molecular weight excluding hydrogens is 343 g/mol. The molecule has 25 heavy (non-hydrogen) atoms. The summed E-state index contributed by atoms with van der Waals surface area (Å²) in [6, 6.07) is 11.5. The molecule has 0 amide bonds. The Hall–Kier alpha value is -2.37. The third-order valence-electron chi connectivity index (χ3n) is 4.80. The second-order valence-corrected chi connectivity index (χ2v) is 6.60. The van der Waals surface area contributed by atoms with E-state index in [1.165, 1.54) is 6.07 Å². The summed E-state index contributed by atoms with van der Waals surface area (Å²) in [5, 5.41) is 11.7. The molecule has 0 bridgehead atoms. The smallest absolute Gasteiger partial charge is 0.133 e. The highest BCUT2D eigenvalue weighted by Crippen LogP contribution is 2.47. The zero-order valence-corrected chi connectivity index (χ0v) is 14.2. The first-order chi connectivity index (χ1) is 12.0. The monoisotopic (exact) mass is 358 g/mol. The molecular formula is C19H16ClFN2O2. The van der Waals surface area contributed by atoms with Crippen LogP contribution in [0.3, 0.4) is 0 Å². The average Bonchev–Trinajstić information content (AvgIpc) is 3.19. The zero-order valence-electron chi connectivity index (χ0n) is 13.5. The SMILES string of the molecule is COc1ccc([C@@]2(O)C[C@H](c3ccc(Cl)cc3F)n3cncc32)cc1. The molecule has 0 saturated carbocycles. The van der Waals surface area contributed by atoms with Gasteiger partial charge in [-0.2, -0.15) is 0 Å². The summed E-state index contributed by atoms with van der Waals surface area (Å²) < 4.78 is 21.4. The average molecular weight is 359 g/mol. The molecule has 6 heteroatoms. The molecule has 3 aromatic rings. The van der Waals surface area contributed by atoms with Gasteiger partial charge in [-0.3, -0.25) is 0 Å². The van der Waals surface area contributed by atoms with E-state index in [1.807, 2.05) is 16.7 Å². The van der Waals surface area contributed by atoms with Crippen LogP contribution in [0.15, 0.2) is 55.0 Å². The number of hydrogen-bond acceptors (Lipinski definition) is 3. The van der Waals surface area contributed by atoms with Gasteiger partial charge in [0.15, 0.2) is 0 Å². The van der Waals surface area contributed by atoms with Crippen molar-refractivity contribution >= 4 is 11.6 Å². The second kappa shape index (κ2) is 5.86. The normalized spacial score (nSPS) is 22.0. The minimum absolute atomic E-state index is 0.315. The number of aliphatic hydroxyl groups is 1. The Kier molecular flexibility index (Phi) is 3.78. The predicted molar refractivity (Wildman–Crippen MR) is 92.4 cm³/mol. The third-order valence-corrected chi connectivity index (χ3v) is 5.04. The van der Waals surface area contributed by atoms with E-state index < -0.39 is 11.4 Å². The molecule has 2 aromatic carbocycles. The van der Waals surface area contributed by atoms with Crippen LogP contribution in [-0.4, -0.2) is 21.8 Å². The summed E-state index contributed by atoms with van der Waals surface area (Å²) in [6.45, 7) is 0. The molecule has 0 spiro atoms.